The standard InChI is InChI=1S/2C46H46.2C2H6/c1-27-18-43(19-28(2)33(27)7)45-25-38(16-31(5)35(45)9)41-22-40(37-14-12-11-13-15-37)23-42(24-41)39-17-32(6)36(10)46(26-39)44-20-29(3)34(8)30(4)21-44;1-27-17-43(18-28(2)34(27)8)45-26-39(16-31(5)36(45)10)42-24-40(37-14-12-11-13-15-37)23-41(25-42)38-21-32(6)46(33(7)22-38)44-19-29(3)35(9)30(4)20-44;2*1-2/h2*11-26H,1-10H3;2*1-2H3. The molecule has 0 heterocycles. The van der Waals surface area contributed by atoms with Crippen LogP contribution in [0, 0.1) is 138 Å². The van der Waals surface area contributed by atoms with Crippen LogP contribution in [0.1, 0.15) is 139 Å². The second-order valence-corrected chi connectivity index (χ2v) is 27.2. The highest BCUT2D eigenvalue weighted by Gasteiger charge is 2.19. The summed E-state index contributed by atoms with van der Waals surface area (Å²) in [5, 5.41) is 0. The first-order chi connectivity index (χ1) is 45.8. The molecular formula is C96H104. The summed E-state index contributed by atoms with van der Waals surface area (Å²) >= 11 is 0. The molecule has 0 radical (unpaired) electrons. The van der Waals surface area contributed by atoms with Crippen LogP contribution in [0.25, 0.3) is 111 Å². The average molecular weight is 1260 g/mol. The van der Waals surface area contributed by atoms with E-state index in [1.54, 1.807) is 0 Å². The van der Waals surface area contributed by atoms with E-state index in [0.29, 0.717) is 0 Å². The number of hydrogen-bond donors (Lipinski definition) is 0. The third-order valence-electron chi connectivity index (χ3n) is 20.9. The zero-order valence-electron chi connectivity index (χ0n) is 62.5. The molecule has 0 saturated carbocycles. The van der Waals surface area contributed by atoms with E-state index < -0.39 is 0 Å². The first-order valence-corrected chi connectivity index (χ1v) is 35.0. The Labute approximate surface area is 579 Å². The maximum Gasteiger partial charge on any atom is -0.0125 e. The zero-order chi connectivity index (χ0) is 69.7. The van der Waals surface area contributed by atoms with Crippen LogP contribution in [0.4, 0.5) is 0 Å². The van der Waals surface area contributed by atoms with E-state index in [1.165, 1.54) is 223 Å². The van der Waals surface area contributed by atoms with Crippen molar-refractivity contribution < 1.29 is 0 Å². The molecule has 0 atom stereocenters. The summed E-state index contributed by atoms with van der Waals surface area (Å²) in [5.41, 5.74) is 52.2. The maximum absolute atomic E-state index is 2.41. The molecule has 0 amide bonds. The van der Waals surface area contributed by atoms with Crippen LogP contribution in [-0.2, 0) is 0 Å². The van der Waals surface area contributed by atoms with E-state index in [1.807, 2.05) is 27.7 Å². The first-order valence-electron chi connectivity index (χ1n) is 35.0. The summed E-state index contributed by atoms with van der Waals surface area (Å²) in [5.74, 6) is 0. The van der Waals surface area contributed by atoms with Gasteiger partial charge in [0.05, 0.1) is 0 Å². The normalized spacial score (nSPS) is 10.9. The highest BCUT2D eigenvalue weighted by Crippen LogP contribution is 2.43. The third-order valence-corrected chi connectivity index (χ3v) is 20.9. The van der Waals surface area contributed by atoms with Crippen molar-refractivity contribution in [2.45, 2.75) is 166 Å². The third kappa shape index (κ3) is 15.0. The van der Waals surface area contributed by atoms with Gasteiger partial charge in [-0.15, -0.1) is 0 Å². The topological polar surface area (TPSA) is 0 Å². The monoisotopic (exact) mass is 1260 g/mol. The van der Waals surface area contributed by atoms with Crippen LogP contribution in [-0.4, -0.2) is 0 Å². The number of hydrogen-bond acceptors (Lipinski definition) is 0. The molecule has 0 aliphatic heterocycles. The van der Waals surface area contributed by atoms with Crippen molar-refractivity contribution in [1.29, 1.82) is 0 Å². The van der Waals surface area contributed by atoms with Gasteiger partial charge in [0, 0.05) is 0 Å². The van der Waals surface area contributed by atoms with Crippen molar-refractivity contribution in [3.8, 4) is 111 Å². The quantitative estimate of drug-likeness (QED) is 0.128. The Morgan fingerprint density at radius 3 is 0.542 bits per heavy atom. The summed E-state index contributed by atoms with van der Waals surface area (Å²) < 4.78 is 0. The van der Waals surface area contributed by atoms with Crippen LogP contribution in [0.2, 0.25) is 0 Å². The zero-order valence-corrected chi connectivity index (χ0v) is 62.5. The summed E-state index contributed by atoms with van der Waals surface area (Å²) in [6.45, 7) is 52.7. The molecular weight excluding hydrogens is 1150 g/mol. The van der Waals surface area contributed by atoms with Gasteiger partial charge < -0.3 is 0 Å². The minimum absolute atomic E-state index is 1.23. The molecule has 12 aromatic rings. The van der Waals surface area contributed by atoms with E-state index in [4.69, 9.17) is 0 Å². The van der Waals surface area contributed by atoms with Gasteiger partial charge >= 0.3 is 0 Å². The molecule has 0 unspecified atom stereocenters. The fourth-order valence-corrected chi connectivity index (χ4v) is 13.8. The number of benzene rings is 12. The van der Waals surface area contributed by atoms with E-state index >= 15 is 0 Å². The Morgan fingerprint density at radius 1 is 0.135 bits per heavy atom. The smallest absolute Gasteiger partial charge is 0.0125 e. The van der Waals surface area contributed by atoms with E-state index in [2.05, 4.69) is 333 Å². The minimum atomic E-state index is 1.23. The molecule has 0 bridgehead atoms. The van der Waals surface area contributed by atoms with Gasteiger partial charge in [-0.1, -0.05) is 167 Å². The van der Waals surface area contributed by atoms with Gasteiger partial charge in [-0.05, 0) is 416 Å². The minimum Gasteiger partial charge on any atom is -0.0683 e. The second-order valence-electron chi connectivity index (χ2n) is 27.2. The van der Waals surface area contributed by atoms with Gasteiger partial charge in [0.1, 0.15) is 0 Å². The summed E-state index contributed by atoms with van der Waals surface area (Å²) in [6.07, 6.45) is 0. The van der Waals surface area contributed by atoms with Gasteiger partial charge in [0.15, 0.2) is 0 Å². The van der Waals surface area contributed by atoms with Crippen molar-refractivity contribution >= 4 is 0 Å². The van der Waals surface area contributed by atoms with E-state index in [9.17, 15) is 0 Å². The summed E-state index contributed by atoms with van der Waals surface area (Å²) in [7, 11) is 0. The van der Waals surface area contributed by atoms with E-state index in [0.717, 1.165) is 0 Å². The van der Waals surface area contributed by atoms with Gasteiger partial charge in [-0.2, -0.15) is 0 Å². The SMILES string of the molecule is CC.CC.Cc1cc(-c2cc(-c3cc(-c4ccccc4)cc(-c4cc(C)c(-c5cc(C)c(C)c(C)c5)c(C)c4)c3)cc(C)c2C)cc(C)c1C.Cc1cc(-c2cc(-c3cc(-c4ccccc4)cc(-c4cc(C)c(C)c(-c5cc(C)c(C)c(C)c5)c4)c3)cc(C)c2C)cc(C)c1C. The molecule has 0 heteroatoms. The summed E-state index contributed by atoms with van der Waals surface area (Å²) in [4.78, 5) is 0. The lowest BCUT2D eigenvalue weighted by molar-refractivity contribution is 1.26. The van der Waals surface area contributed by atoms with Crippen molar-refractivity contribution in [1.82, 2.24) is 0 Å². The molecule has 0 fully saturated rings. The molecule has 0 nitrogen and oxygen atoms in total. The molecule has 12 rings (SSSR count). The number of aryl methyl sites for hydroxylation is 13. The molecule has 488 valence electrons. The van der Waals surface area contributed by atoms with Crippen molar-refractivity contribution in [2.24, 2.45) is 0 Å². The average Bonchev–Trinajstić information content (AvgIpc) is 0.792. The molecule has 0 aliphatic carbocycles. The predicted molar refractivity (Wildman–Crippen MR) is 425 cm³/mol. The molecule has 0 spiro atoms. The van der Waals surface area contributed by atoms with Crippen molar-refractivity contribution in [3.63, 3.8) is 0 Å². The fraction of sp³-hybridized carbons (Fsp3) is 0.250. The Bertz CT molecular complexity index is 4610. The predicted octanol–water partition coefficient (Wildman–Crippen LogP) is 28.3. The van der Waals surface area contributed by atoms with Crippen molar-refractivity contribution in [2.75, 3.05) is 0 Å². The highest BCUT2D eigenvalue weighted by atomic mass is 14.2. The lowest BCUT2D eigenvalue weighted by Gasteiger charge is -2.18. The lowest BCUT2D eigenvalue weighted by Crippen LogP contribution is -1.95. The van der Waals surface area contributed by atoms with Crippen LogP contribution in [0.5, 0.6) is 0 Å². The molecule has 12 aromatic carbocycles. The Morgan fingerprint density at radius 2 is 0.302 bits per heavy atom. The molecule has 0 saturated heterocycles. The Hall–Kier alpha value is -9.36. The molecule has 96 heavy (non-hydrogen) atoms. The highest BCUT2D eigenvalue weighted by molar-refractivity contribution is 5.89. The fourth-order valence-electron chi connectivity index (χ4n) is 13.8. The Kier molecular flexibility index (Phi) is 22.3. The van der Waals surface area contributed by atoms with Gasteiger partial charge in [0.25, 0.3) is 0 Å². The largest absolute Gasteiger partial charge is 0.0683 e. The lowest BCUT2D eigenvalue weighted by atomic mass is 9.86. The van der Waals surface area contributed by atoms with Crippen LogP contribution in [0.15, 0.2) is 194 Å². The Balaban J connectivity index is 0.000000214. The van der Waals surface area contributed by atoms with E-state index in [-0.39, 0.29) is 0 Å². The molecule has 0 aliphatic rings. The molecule has 0 N–H and O–H groups in total. The van der Waals surface area contributed by atoms with Crippen molar-refractivity contribution in [3.05, 3.63) is 305 Å². The number of rotatable bonds is 10. The molecule has 0 aromatic heterocycles. The summed E-state index contributed by atoms with van der Waals surface area (Å²) in [6, 6.07) is 73.7. The van der Waals surface area contributed by atoms with Gasteiger partial charge in [-0.25, -0.2) is 0 Å². The van der Waals surface area contributed by atoms with Crippen LogP contribution < -0.4 is 0 Å². The van der Waals surface area contributed by atoms with Gasteiger partial charge in [0.2, 0.25) is 0 Å². The first kappa shape index (κ1) is 70.9. The second kappa shape index (κ2) is 30.2. The van der Waals surface area contributed by atoms with Gasteiger partial charge in [-0.3, -0.25) is 0 Å². The maximum atomic E-state index is 2.41. The van der Waals surface area contributed by atoms with Crippen LogP contribution in [0.3, 0.4) is 0 Å². The van der Waals surface area contributed by atoms with Crippen LogP contribution >= 0.6 is 0 Å².